The second-order valence-corrected chi connectivity index (χ2v) is 7.04. The molecule has 8 nitrogen and oxygen atoms in total. The Morgan fingerprint density at radius 3 is 2.96 bits per heavy atom. The first kappa shape index (κ1) is 17.6. The Hall–Kier alpha value is -2.26. The summed E-state index contributed by atoms with van der Waals surface area (Å²) in [7, 11) is 1.56. The number of halogens is 1. The van der Waals surface area contributed by atoms with Crippen molar-refractivity contribution in [3.63, 3.8) is 0 Å². The van der Waals surface area contributed by atoms with Gasteiger partial charge >= 0.3 is 6.03 Å². The number of nitrogens with one attached hydrogen (secondary N) is 2. The van der Waals surface area contributed by atoms with Gasteiger partial charge in [0.25, 0.3) is 0 Å². The number of hydrogen-bond donors (Lipinski definition) is 2. The van der Waals surface area contributed by atoms with Crippen molar-refractivity contribution in [3.05, 3.63) is 23.2 Å². The molecule has 1 atom stereocenters. The number of hydrogen-bond acceptors (Lipinski definition) is 6. The van der Waals surface area contributed by atoms with E-state index in [1.807, 2.05) is 0 Å². The highest BCUT2D eigenvalue weighted by molar-refractivity contribution is 8.00. The minimum atomic E-state index is -0.492. The van der Waals surface area contributed by atoms with Crippen LogP contribution in [0.3, 0.4) is 0 Å². The van der Waals surface area contributed by atoms with Gasteiger partial charge < -0.3 is 10.1 Å². The first-order valence-corrected chi connectivity index (χ1v) is 8.77. The van der Waals surface area contributed by atoms with Crippen LogP contribution in [0.4, 0.5) is 4.79 Å². The summed E-state index contributed by atoms with van der Waals surface area (Å²) >= 11 is 7.21. The Morgan fingerprint density at radius 1 is 1.48 bits per heavy atom. The molecule has 1 saturated heterocycles. The maximum atomic E-state index is 12.3. The molecule has 3 rings (SSSR count). The summed E-state index contributed by atoms with van der Waals surface area (Å²) < 4.78 is 5.30. The predicted octanol–water partition coefficient (Wildman–Crippen LogP) is 2.17. The Bertz CT molecular complexity index is 812. The topological polar surface area (TPSA) is 100 Å². The molecule has 1 aromatic carbocycles. The number of benzene rings is 1. The molecule has 1 fully saturated rings. The lowest BCUT2D eigenvalue weighted by Crippen LogP contribution is -2.38. The smallest absolute Gasteiger partial charge is 0.324 e. The van der Waals surface area contributed by atoms with Gasteiger partial charge in [-0.15, -0.1) is 5.10 Å². The minimum absolute atomic E-state index is 0.272. The number of rotatable bonds is 5. The minimum Gasteiger partial charge on any atom is -0.496 e. The van der Waals surface area contributed by atoms with E-state index in [1.165, 1.54) is 16.7 Å². The average molecular weight is 382 g/mol. The van der Waals surface area contributed by atoms with E-state index in [0.29, 0.717) is 40.4 Å². The van der Waals surface area contributed by atoms with E-state index in [-0.39, 0.29) is 11.9 Å². The lowest BCUT2D eigenvalue weighted by Gasteiger charge is -2.15. The lowest BCUT2D eigenvalue weighted by molar-refractivity contribution is -0.126. The third kappa shape index (κ3) is 3.72. The number of urea groups is 1. The summed E-state index contributed by atoms with van der Waals surface area (Å²) in [5.74, 6) is 0.821. The van der Waals surface area contributed by atoms with Gasteiger partial charge in [-0.1, -0.05) is 23.4 Å². The Kier molecular flexibility index (Phi) is 5.14. The summed E-state index contributed by atoms with van der Waals surface area (Å²) in [4.78, 5) is 29.5. The van der Waals surface area contributed by atoms with Crippen LogP contribution in [0, 0.1) is 0 Å². The predicted molar refractivity (Wildman–Crippen MR) is 93.8 cm³/mol. The van der Waals surface area contributed by atoms with Crippen LogP contribution in [-0.4, -0.2) is 57.5 Å². The second-order valence-electron chi connectivity index (χ2n) is 5.29. The first-order chi connectivity index (χ1) is 12.0. The molecule has 10 heteroatoms. The monoisotopic (exact) mass is 381 g/mol. The molecule has 0 aliphatic carbocycles. The quantitative estimate of drug-likeness (QED) is 0.770. The van der Waals surface area contributed by atoms with Gasteiger partial charge in [-0.3, -0.25) is 14.8 Å². The maximum Gasteiger partial charge on any atom is 0.324 e. The number of ether oxygens (including phenoxy) is 1. The highest BCUT2D eigenvalue weighted by atomic mass is 35.5. The number of imide groups is 1. The number of aromatic amines is 1. The van der Waals surface area contributed by atoms with E-state index < -0.39 is 5.25 Å². The van der Waals surface area contributed by atoms with Gasteiger partial charge in [-0.2, -0.15) is 0 Å². The van der Waals surface area contributed by atoms with Crippen molar-refractivity contribution in [1.29, 1.82) is 0 Å². The number of aromatic nitrogens is 3. The summed E-state index contributed by atoms with van der Waals surface area (Å²) in [5, 5.41) is 10.0. The summed E-state index contributed by atoms with van der Waals surface area (Å²) in [6.07, 6.45) is 0. The second kappa shape index (κ2) is 7.32. The molecule has 2 N–H and O–H groups in total. The molecule has 2 aromatic rings. The van der Waals surface area contributed by atoms with Gasteiger partial charge in [0.1, 0.15) is 5.75 Å². The Balaban J connectivity index is 1.75. The van der Waals surface area contributed by atoms with Crippen LogP contribution in [0.5, 0.6) is 5.75 Å². The number of nitrogens with zero attached hydrogens (tertiary/aromatic N) is 3. The molecule has 0 bridgehead atoms. The number of carbonyl (C=O) groups excluding carboxylic acids is 2. The standard InChI is InChI=1S/C15H16ClN5O3S/c1-8(13(22)21-6-5-17-15(21)23)25-14-18-12(19-20-14)10-7-9(16)3-4-11(10)24-2/h3-4,7-8H,5-6H2,1-2H3,(H,17,23)(H,18,19,20)/t8-/m1/s1. The van der Waals surface area contributed by atoms with Crippen molar-refractivity contribution in [2.75, 3.05) is 20.2 Å². The van der Waals surface area contributed by atoms with Crippen LogP contribution in [0.2, 0.25) is 5.02 Å². The third-order valence-corrected chi connectivity index (χ3v) is 4.82. The zero-order valence-corrected chi connectivity index (χ0v) is 15.1. The van der Waals surface area contributed by atoms with Crippen molar-refractivity contribution in [1.82, 2.24) is 25.4 Å². The molecular weight excluding hydrogens is 366 g/mol. The molecule has 0 spiro atoms. The molecular formula is C15H16ClN5O3S. The molecule has 1 aromatic heterocycles. The SMILES string of the molecule is COc1ccc(Cl)cc1-c1nc(S[C@H](C)C(=O)N2CCNC2=O)n[nH]1. The van der Waals surface area contributed by atoms with Gasteiger partial charge in [0, 0.05) is 18.1 Å². The van der Waals surface area contributed by atoms with E-state index in [9.17, 15) is 9.59 Å². The number of thioether (sulfide) groups is 1. The number of H-pyrrole nitrogens is 1. The fourth-order valence-corrected chi connectivity index (χ4v) is 3.35. The highest BCUT2D eigenvalue weighted by Crippen LogP contribution is 2.31. The van der Waals surface area contributed by atoms with Gasteiger partial charge in [-0.05, 0) is 25.1 Å². The lowest BCUT2D eigenvalue weighted by atomic mass is 10.2. The zero-order chi connectivity index (χ0) is 18.0. The van der Waals surface area contributed by atoms with E-state index in [1.54, 1.807) is 32.2 Å². The van der Waals surface area contributed by atoms with Crippen LogP contribution >= 0.6 is 23.4 Å². The van der Waals surface area contributed by atoms with Crippen LogP contribution in [0.1, 0.15) is 6.92 Å². The molecule has 3 amide bonds. The van der Waals surface area contributed by atoms with E-state index >= 15 is 0 Å². The largest absolute Gasteiger partial charge is 0.496 e. The first-order valence-electron chi connectivity index (χ1n) is 7.51. The van der Waals surface area contributed by atoms with Crippen LogP contribution < -0.4 is 10.1 Å². The van der Waals surface area contributed by atoms with Crippen LogP contribution in [0.25, 0.3) is 11.4 Å². The molecule has 132 valence electrons. The van der Waals surface area contributed by atoms with Crippen molar-refractivity contribution in [3.8, 4) is 17.1 Å². The van der Waals surface area contributed by atoms with Gasteiger partial charge in [-0.25, -0.2) is 9.78 Å². The Morgan fingerprint density at radius 2 is 2.28 bits per heavy atom. The van der Waals surface area contributed by atoms with Crippen LogP contribution in [-0.2, 0) is 4.79 Å². The number of carbonyl (C=O) groups is 2. The van der Waals surface area contributed by atoms with Gasteiger partial charge in [0.2, 0.25) is 11.1 Å². The summed E-state index contributed by atoms with van der Waals surface area (Å²) in [6, 6.07) is 4.82. The van der Waals surface area contributed by atoms with Crippen molar-refractivity contribution in [2.45, 2.75) is 17.3 Å². The van der Waals surface area contributed by atoms with Crippen molar-refractivity contribution < 1.29 is 14.3 Å². The molecule has 0 saturated carbocycles. The summed E-state index contributed by atoms with van der Waals surface area (Å²) in [5.41, 5.74) is 0.673. The van der Waals surface area contributed by atoms with Gasteiger partial charge in [0.05, 0.1) is 17.9 Å². The average Bonchev–Trinajstić information content (AvgIpc) is 3.23. The fraction of sp³-hybridized carbons (Fsp3) is 0.333. The fourth-order valence-electron chi connectivity index (χ4n) is 2.39. The molecule has 1 aliphatic heterocycles. The van der Waals surface area contributed by atoms with E-state index in [2.05, 4.69) is 20.5 Å². The molecule has 25 heavy (non-hydrogen) atoms. The zero-order valence-electron chi connectivity index (χ0n) is 13.6. The maximum absolute atomic E-state index is 12.3. The van der Waals surface area contributed by atoms with E-state index in [4.69, 9.17) is 16.3 Å². The molecule has 0 radical (unpaired) electrons. The highest BCUT2D eigenvalue weighted by Gasteiger charge is 2.30. The number of amides is 3. The summed E-state index contributed by atoms with van der Waals surface area (Å²) in [6.45, 7) is 2.57. The van der Waals surface area contributed by atoms with Gasteiger partial charge in [0.15, 0.2) is 5.82 Å². The van der Waals surface area contributed by atoms with Crippen molar-refractivity contribution in [2.24, 2.45) is 0 Å². The normalized spacial score (nSPS) is 15.2. The van der Waals surface area contributed by atoms with Crippen molar-refractivity contribution >= 4 is 35.3 Å². The van der Waals surface area contributed by atoms with E-state index in [0.717, 1.165) is 0 Å². The molecule has 0 unspecified atom stereocenters. The molecule has 2 heterocycles. The third-order valence-electron chi connectivity index (χ3n) is 3.63. The molecule has 1 aliphatic rings. The van der Waals surface area contributed by atoms with Crippen LogP contribution in [0.15, 0.2) is 23.4 Å². The number of methoxy groups -OCH3 is 1. The Labute approximate surface area is 153 Å².